The normalized spacial score (nSPS) is 16.1. The van der Waals surface area contributed by atoms with Gasteiger partial charge in [-0.2, -0.15) is 13.2 Å². The van der Waals surface area contributed by atoms with Crippen molar-refractivity contribution >= 4 is 17.8 Å². The van der Waals surface area contributed by atoms with E-state index >= 15 is 0 Å². The highest BCUT2D eigenvalue weighted by Crippen LogP contribution is 2.24. The molecule has 10 nitrogen and oxygen atoms in total. The number of nitrogens with one attached hydrogen (secondary N) is 1. The lowest BCUT2D eigenvalue weighted by Gasteiger charge is -2.34. The lowest BCUT2D eigenvalue weighted by atomic mass is 9.99. The highest BCUT2D eigenvalue weighted by molar-refractivity contribution is 5.87. The van der Waals surface area contributed by atoms with Crippen LogP contribution in [0.5, 0.6) is 0 Å². The topological polar surface area (TPSA) is 143 Å². The predicted molar refractivity (Wildman–Crippen MR) is 113 cm³/mol. The van der Waals surface area contributed by atoms with Gasteiger partial charge in [0.15, 0.2) is 0 Å². The third kappa shape index (κ3) is 9.36. The van der Waals surface area contributed by atoms with Gasteiger partial charge in [0.2, 0.25) is 11.8 Å². The first-order valence-electron chi connectivity index (χ1n) is 10.6. The number of amides is 2. The molecule has 33 heavy (non-hydrogen) atoms. The van der Waals surface area contributed by atoms with Crippen LogP contribution in [0.15, 0.2) is 6.20 Å². The maximum atomic E-state index is 12.8. The van der Waals surface area contributed by atoms with Crippen LogP contribution in [0.4, 0.5) is 13.2 Å². The number of hydrogen-bond acceptors (Lipinski definition) is 6. The lowest BCUT2D eigenvalue weighted by molar-refractivity contribution is -0.192. The van der Waals surface area contributed by atoms with E-state index in [1.54, 1.807) is 0 Å². The number of nitrogens with zero attached hydrogens (tertiary/aromatic N) is 4. The van der Waals surface area contributed by atoms with Gasteiger partial charge in [0.05, 0.1) is 17.8 Å². The molecule has 1 aliphatic heterocycles. The zero-order valence-corrected chi connectivity index (χ0v) is 19.5. The molecule has 0 aromatic carbocycles. The summed E-state index contributed by atoms with van der Waals surface area (Å²) in [6.07, 6.45) is -0.903. The SMILES string of the molecule is CC(=O)N[C@@H](CC(C)C)C(=O)N1CCC(n2cc(C(C)(C)N)nn2)CC1.O=C(O)C(F)(F)F. The Morgan fingerprint density at radius 3 is 2.12 bits per heavy atom. The van der Waals surface area contributed by atoms with Crippen molar-refractivity contribution in [3.8, 4) is 0 Å². The second kappa shape index (κ2) is 11.4. The summed E-state index contributed by atoms with van der Waals surface area (Å²) < 4.78 is 33.6. The van der Waals surface area contributed by atoms with Gasteiger partial charge in [0.25, 0.3) is 0 Å². The number of hydrogen-bond donors (Lipinski definition) is 3. The molecule has 4 N–H and O–H groups in total. The van der Waals surface area contributed by atoms with Crippen LogP contribution in [-0.4, -0.2) is 68.1 Å². The first kappa shape index (κ1) is 28.3. The van der Waals surface area contributed by atoms with Crippen LogP contribution >= 0.6 is 0 Å². The average Bonchev–Trinajstić information content (AvgIpc) is 3.17. The van der Waals surface area contributed by atoms with E-state index in [4.69, 9.17) is 15.6 Å². The van der Waals surface area contributed by atoms with Crippen LogP contribution < -0.4 is 11.1 Å². The van der Waals surface area contributed by atoms with Crippen molar-refractivity contribution in [2.45, 2.75) is 77.7 Å². The Morgan fingerprint density at radius 1 is 1.24 bits per heavy atom. The third-order valence-corrected chi connectivity index (χ3v) is 4.95. The van der Waals surface area contributed by atoms with Crippen molar-refractivity contribution in [1.29, 1.82) is 0 Å². The van der Waals surface area contributed by atoms with Gasteiger partial charge < -0.3 is 21.1 Å². The molecule has 0 aliphatic carbocycles. The number of aliphatic carboxylic acids is 1. The van der Waals surface area contributed by atoms with Gasteiger partial charge in [0.1, 0.15) is 11.7 Å². The molecule has 1 atom stereocenters. The molecule has 2 rings (SSSR count). The number of alkyl halides is 3. The van der Waals surface area contributed by atoms with E-state index in [0.29, 0.717) is 25.4 Å². The Labute approximate surface area is 190 Å². The fourth-order valence-corrected chi connectivity index (χ4v) is 3.26. The molecule has 2 heterocycles. The summed E-state index contributed by atoms with van der Waals surface area (Å²) in [6, 6.07) is -0.230. The summed E-state index contributed by atoms with van der Waals surface area (Å²) in [5.74, 6) is -2.58. The highest BCUT2D eigenvalue weighted by atomic mass is 19.4. The van der Waals surface area contributed by atoms with E-state index in [0.717, 1.165) is 18.5 Å². The van der Waals surface area contributed by atoms with E-state index in [-0.39, 0.29) is 17.9 Å². The molecule has 1 saturated heterocycles. The molecule has 0 bridgehead atoms. The largest absolute Gasteiger partial charge is 0.490 e. The summed E-state index contributed by atoms with van der Waals surface area (Å²) >= 11 is 0. The smallest absolute Gasteiger partial charge is 0.475 e. The number of halogens is 3. The Balaban J connectivity index is 0.000000675. The molecule has 188 valence electrons. The molecule has 1 aromatic heterocycles. The molecular weight excluding hydrogens is 445 g/mol. The van der Waals surface area contributed by atoms with Gasteiger partial charge in [-0.15, -0.1) is 5.10 Å². The molecule has 1 fully saturated rings. The summed E-state index contributed by atoms with van der Waals surface area (Å²) in [4.78, 5) is 35.0. The van der Waals surface area contributed by atoms with Crippen LogP contribution in [0, 0.1) is 5.92 Å². The predicted octanol–water partition coefficient (Wildman–Crippen LogP) is 1.82. The van der Waals surface area contributed by atoms with Gasteiger partial charge in [0, 0.05) is 20.0 Å². The lowest BCUT2D eigenvalue weighted by Crippen LogP contribution is -2.51. The molecule has 0 spiro atoms. The van der Waals surface area contributed by atoms with E-state index in [1.807, 2.05) is 29.6 Å². The number of likely N-dealkylation sites (tertiary alicyclic amines) is 1. The summed E-state index contributed by atoms with van der Waals surface area (Å²) in [6.45, 7) is 10.7. The van der Waals surface area contributed by atoms with Crippen molar-refractivity contribution in [1.82, 2.24) is 25.2 Å². The van der Waals surface area contributed by atoms with Crippen LogP contribution in [-0.2, 0) is 19.9 Å². The molecule has 0 saturated carbocycles. The maximum absolute atomic E-state index is 12.8. The standard InChI is InChI=1S/C18H32N6O2.C2HF3O2/c1-12(2)10-15(20-13(3)25)17(26)23-8-6-14(7-9-23)24-11-16(21-22-24)18(4,5)19;3-2(4,5)1(6)7/h11-12,14-15H,6-10,19H2,1-5H3,(H,20,25);(H,6,7)/t15-;/m0./s1. The molecular formula is C20H33F3N6O4. The molecule has 13 heteroatoms. The Hall–Kier alpha value is -2.70. The van der Waals surface area contributed by atoms with Crippen molar-refractivity contribution in [2.24, 2.45) is 11.7 Å². The maximum Gasteiger partial charge on any atom is 0.490 e. The van der Waals surface area contributed by atoms with Crippen LogP contribution in [0.25, 0.3) is 0 Å². The van der Waals surface area contributed by atoms with Gasteiger partial charge in [-0.3, -0.25) is 9.59 Å². The number of piperidine rings is 1. The summed E-state index contributed by atoms with van der Waals surface area (Å²) in [5.41, 5.74) is 6.32. The Bertz CT molecular complexity index is 811. The number of nitrogens with two attached hydrogens (primary N) is 1. The van der Waals surface area contributed by atoms with E-state index < -0.39 is 23.7 Å². The minimum atomic E-state index is -5.08. The van der Waals surface area contributed by atoms with Crippen molar-refractivity contribution < 1.29 is 32.7 Å². The van der Waals surface area contributed by atoms with Crippen LogP contribution in [0.2, 0.25) is 0 Å². The molecule has 2 amide bonds. The third-order valence-electron chi connectivity index (χ3n) is 4.95. The first-order chi connectivity index (χ1) is 15.0. The molecule has 1 aromatic rings. The van der Waals surface area contributed by atoms with Crippen molar-refractivity contribution in [3.05, 3.63) is 11.9 Å². The van der Waals surface area contributed by atoms with E-state index in [1.165, 1.54) is 6.92 Å². The fraction of sp³-hybridized carbons (Fsp3) is 0.750. The van der Waals surface area contributed by atoms with Crippen molar-refractivity contribution in [3.63, 3.8) is 0 Å². The molecule has 0 unspecified atom stereocenters. The molecule has 1 aliphatic rings. The number of rotatable bonds is 6. The molecule has 0 radical (unpaired) electrons. The van der Waals surface area contributed by atoms with E-state index in [2.05, 4.69) is 29.5 Å². The van der Waals surface area contributed by atoms with Gasteiger partial charge in [-0.1, -0.05) is 19.1 Å². The van der Waals surface area contributed by atoms with Gasteiger partial charge in [-0.25, -0.2) is 9.48 Å². The minimum Gasteiger partial charge on any atom is -0.475 e. The fourth-order valence-electron chi connectivity index (χ4n) is 3.26. The zero-order valence-electron chi connectivity index (χ0n) is 19.5. The number of carbonyl (C=O) groups excluding carboxylic acids is 2. The Morgan fingerprint density at radius 2 is 1.76 bits per heavy atom. The summed E-state index contributed by atoms with van der Waals surface area (Å²) in [7, 11) is 0. The van der Waals surface area contributed by atoms with Gasteiger partial charge in [-0.05, 0) is 39.0 Å². The highest BCUT2D eigenvalue weighted by Gasteiger charge is 2.38. The van der Waals surface area contributed by atoms with Gasteiger partial charge >= 0.3 is 12.1 Å². The summed E-state index contributed by atoms with van der Waals surface area (Å²) in [5, 5.41) is 18.3. The van der Waals surface area contributed by atoms with E-state index in [9.17, 15) is 22.8 Å². The number of carboxylic acids is 1. The Kier molecular flexibility index (Phi) is 9.82. The number of aromatic nitrogens is 3. The van der Waals surface area contributed by atoms with Crippen LogP contribution in [0.1, 0.15) is 65.6 Å². The average molecular weight is 479 g/mol. The number of carbonyl (C=O) groups is 3. The first-order valence-corrected chi connectivity index (χ1v) is 10.6. The van der Waals surface area contributed by atoms with Crippen molar-refractivity contribution in [2.75, 3.05) is 13.1 Å². The number of carboxylic acid groups (broad SMARTS) is 1. The minimum absolute atomic E-state index is 0.00900. The zero-order chi connectivity index (χ0) is 25.6. The van der Waals surface area contributed by atoms with Crippen LogP contribution in [0.3, 0.4) is 0 Å². The second-order valence-corrected chi connectivity index (χ2v) is 9.05. The second-order valence-electron chi connectivity index (χ2n) is 9.05. The monoisotopic (exact) mass is 478 g/mol. The quantitative estimate of drug-likeness (QED) is 0.566.